The summed E-state index contributed by atoms with van der Waals surface area (Å²) in [4.78, 5) is 2.39. The Balaban J connectivity index is 1.58. The summed E-state index contributed by atoms with van der Waals surface area (Å²) in [7, 11) is 2.19. The molecule has 2 aliphatic rings. The predicted molar refractivity (Wildman–Crippen MR) is 83.5 cm³/mol. The number of fused-ring (bicyclic) bond motifs is 1. The summed E-state index contributed by atoms with van der Waals surface area (Å²) >= 11 is 0. The number of hydrogen-bond acceptors (Lipinski definition) is 2. The second-order valence-corrected chi connectivity index (χ2v) is 5.77. The van der Waals surface area contributed by atoms with Crippen LogP contribution in [0.1, 0.15) is 30.4 Å². The summed E-state index contributed by atoms with van der Waals surface area (Å²) in [6.07, 6.45) is 11.1. The average molecular weight is 269 g/mol. The smallest absolute Gasteiger partial charge is 0.103 e. The van der Waals surface area contributed by atoms with Crippen LogP contribution in [0.2, 0.25) is 0 Å². The molecule has 106 valence electrons. The lowest BCUT2D eigenvalue weighted by molar-refractivity contribution is 0.161. The molecule has 0 radical (unpaired) electrons. The number of likely N-dealkylation sites (N-methyl/N-ethyl adjacent to an activating group) is 1. The van der Waals surface area contributed by atoms with Crippen molar-refractivity contribution >= 4 is 5.57 Å². The number of likely N-dealkylation sites (tertiary alicyclic amines) is 1. The zero-order chi connectivity index (χ0) is 13.8. The fourth-order valence-electron chi connectivity index (χ4n) is 3.15. The lowest BCUT2D eigenvalue weighted by Crippen LogP contribution is -2.28. The Morgan fingerprint density at radius 3 is 3.10 bits per heavy atom. The number of ether oxygens (including phenoxy) is 1. The van der Waals surface area contributed by atoms with E-state index in [1.54, 1.807) is 0 Å². The Hall–Kier alpha value is -1.54. The first-order valence-corrected chi connectivity index (χ1v) is 7.61. The van der Waals surface area contributed by atoms with Crippen molar-refractivity contribution in [1.29, 1.82) is 0 Å². The first kappa shape index (κ1) is 13.4. The molecule has 1 heterocycles. The van der Waals surface area contributed by atoms with Crippen molar-refractivity contribution in [3.05, 3.63) is 53.8 Å². The number of rotatable bonds is 4. The van der Waals surface area contributed by atoms with Gasteiger partial charge in [-0.25, -0.2) is 0 Å². The molecule has 0 unspecified atom stereocenters. The summed E-state index contributed by atoms with van der Waals surface area (Å²) in [6, 6.07) is 9.25. The highest BCUT2D eigenvalue weighted by molar-refractivity contribution is 5.77. The molecule has 1 saturated heterocycles. The quantitative estimate of drug-likeness (QED) is 0.774. The molecule has 0 saturated carbocycles. The fourth-order valence-corrected chi connectivity index (χ4v) is 3.15. The van der Waals surface area contributed by atoms with Crippen molar-refractivity contribution in [3.63, 3.8) is 0 Å². The van der Waals surface area contributed by atoms with Gasteiger partial charge in [0.1, 0.15) is 6.61 Å². The zero-order valence-electron chi connectivity index (χ0n) is 12.2. The number of hydrogen-bond donors (Lipinski definition) is 0. The van der Waals surface area contributed by atoms with Gasteiger partial charge in [-0.05, 0) is 62.1 Å². The lowest BCUT2D eigenvalue weighted by atomic mass is 9.91. The third kappa shape index (κ3) is 2.96. The highest BCUT2D eigenvalue weighted by atomic mass is 16.5. The van der Waals surface area contributed by atoms with Crippen molar-refractivity contribution in [3.8, 4) is 0 Å². The molecule has 2 nitrogen and oxygen atoms in total. The summed E-state index contributed by atoms with van der Waals surface area (Å²) in [6.45, 7) is 2.01. The average Bonchev–Trinajstić information content (AvgIpc) is 2.89. The van der Waals surface area contributed by atoms with E-state index in [9.17, 15) is 0 Å². The van der Waals surface area contributed by atoms with Crippen molar-refractivity contribution in [2.24, 2.45) is 0 Å². The van der Waals surface area contributed by atoms with Crippen LogP contribution < -0.4 is 0 Å². The molecule has 0 amide bonds. The highest BCUT2D eigenvalue weighted by Crippen LogP contribution is 2.27. The van der Waals surface area contributed by atoms with Gasteiger partial charge in [-0.3, -0.25) is 0 Å². The summed E-state index contributed by atoms with van der Waals surface area (Å²) < 4.78 is 5.74. The molecule has 1 fully saturated rings. The van der Waals surface area contributed by atoms with Crippen molar-refractivity contribution in [1.82, 2.24) is 4.90 Å². The summed E-state index contributed by atoms with van der Waals surface area (Å²) in [5.41, 5.74) is 4.10. The minimum absolute atomic E-state index is 0.590. The van der Waals surface area contributed by atoms with Gasteiger partial charge in [0.25, 0.3) is 0 Å². The summed E-state index contributed by atoms with van der Waals surface area (Å²) in [5.74, 6) is 0. The summed E-state index contributed by atoms with van der Waals surface area (Å²) in [5, 5.41) is 0. The number of benzene rings is 1. The third-order valence-electron chi connectivity index (χ3n) is 4.41. The van der Waals surface area contributed by atoms with E-state index >= 15 is 0 Å². The van der Waals surface area contributed by atoms with Gasteiger partial charge in [0, 0.05) is 6.04 Å². The molecule has 2 heteroatoms. The first-order valence-electron chi connectivity index (χ1n) is 7.61. The van der Waals surface area contributed by atoms with E-state index in [-0.39, 0.29) is 0 Å². The van der Waals surface area contributed by atoms with Gasteiger partial charge in [-0.2, -0.15) is 0 Å². The molecular formula is C18H23NO. The maximum Gasteiger partial charge on any atom is 0.103 e. The molecule has 3 rings (SSSR count). The third-order valence-corrected chi connectivity index (χ3v) is 4.41. The zero-order valence-corrected chi connectivity index (χ0v) is 12.2. The number of aryl methyl sites for hydroxylation is 1. The molecule has 1 atom stereocenters. The van der Waals surface area contributed by atoms with Gasteiger partial charge >= 0.3 is 0 Å². The Morgan fingerprint density at radius 1 is 1.35 bits per heavy atom. The van der Waals surface area contributed by atoms with E-state index in [0.717, 1.165) is 19.4 Å². The molecule has 0 aromatic heterocycles. The Kier molecular flexibility index (Phi) is 4.22. The van der Waals surface area contributed by atoms with Crippen molar-refractivity contribution < 1.29 is 4.74 Å². The van der Waals surface area contributed by atoms with Gasteiger partial charge in [-0.1, -0.05) is 30.3 Å². The highest BCUT2D eigenvalue weighted by Gasteiger charge is 2.20. The molecule has 20 heavy (non-hydrogen) atoms. The van der Waals surface area contributed by atoms with E-state index in [1.165, 1.54) is 36.1 Å². The van der Waals surface area contributed by atoms with Crippen LogP contribution in [0.3, 0.4) is 0 Å². The van der Waals surface area contributed by atoms with Gasteiger partial charge in [-0.15, -0.1) is 0 Å². The molecule has 1 aliphatic carbocycles. The minimum Gasteiger partial charge on any atom is -0.500 e. The molecule has 1 aliphatic heterocycles. The SMILES string of the molecule is CN1CCC[C@@H]1CO/C=C/C1=CCCc2ccccc21. The maximum absolute atomic E-state index is 5.74. The maximum atomic E-state index is 5.74. The molecule has 1 aromatic carbocycles. The molecular weight excluding hydrogens is 246 g/mol. The Morgan fingerprint density at radius 2 is 2.25 bits per heavy atom. The van der Waals surface area contributed by atoms with Crippen LogP contribution >= 0.6 is 0 Å². The van der Waals surface area contributed by atoms with Crippen LogP contribution in [0.25, 0.3) is 5.57 Å². The van der Waals surface area contributed by atoms with E-state index < -0.39 is 0 Å². The Labute approximate surface area is 121 Å². The van der Waals surface area contributed by atoms with Crippen molar-refractivity contribution in [2.45, 2.75) is 31.7 Å². The van der Waals surface area contributed by atoms with Crippen LogP contribution in [-0.4, -0.2) is 31.1 Å². The van der Waals surface area contributed by atoms with E-state index in [1.807, 2.05) is 6.26 Å². The Bertz CT molecular complexity index is 518. The lowest BCUT2D eigenvalue weighted by Gasteiger charge is -2.18. The van der Waals surface area contributed by atoms with Crippen LogP contribution in [0.4, 0.5) is 0 Å². The topological polar surface area (TPSA) is 12.5 Å². The van der Waals surface area contributed by atoms with Crippen molar-refractivity contribution in [2.75, 3.05) is 20.2 Å². The molecule has 0 N–H and O–H groups in total. The second-order valence-electron chi connectivity index (χ2n) is 5.77. The van der Waals surface area contributed by atoms with Crippen LogP contribution in [0, 0.1) is 0 Å². The minimum atomic E-state index is 0.590. The standard InChI is InChI=1S/C18H23NO/c1-19-12-5-9-17(19)14-20-13-11-16-8-4-7-15-6-2-3-10-18(15)16/h2-3,6,8,10-11,13,17H,4-5,7,9,12,14H2,1H3/b13-11+/t17-/m1/s1. The molecule has 0 bridgehead atoms. The number of allylic oxidation sites excluding steroid dienone is 3. The fraction of sp³-hybridized carbons (Fsp3) is 0.444. The molecule has 0 spiro atoms. The molecule has 1 aromatic rings. The largest absolute Gasteiger partial charge is 0.500 e. The normalized spacial score (nSPS) is 22.9. The van der Waals surface area contributed by atoms with E-state index in [4.69, 9.17) is 4.74 Å². The first-order chi connectivity index (χ1) is 9.84. The van der Waals surface area contributed by atoms with Gasteiger partial charge in [0.05, 0.1) is 6.26 Å². The predicted octanol–water partition coefficient (Wildman–Crippen LogP) is 3.64. The number of nitrogens with zero attached hydrogens (tertiary/aromatic N) is 1. The van der Waals surface area contributed by atoms with Crippen LogP contribution in [0.5, 0.6) is 0 Å². The van der Waals surface area contributed by atoms with E-state index in [0.29, 0.717) is 6.04 Å². The van der Waals surface area contributed by atoms with Gasteiger partial charge < -0.3 is 9.64 Å². The van der Waals surface area contributed by atoms with E-state index in [2.05, 4.69) is 48.4 Å². The second kappa shape index (κ2) is 6.27. The van der Waals surface area contributed by atoms with Gasteiger partial charge in [0.15, 0.2) is 0 Å². The van der Waals surface area contributed by atoms with Crippen LogP contribution in [-0.2, 0) is 11.2 Å². The monoisotopic (exact) mass is 269 g/mol. The van der Waals surface area contributed by atoms with Gasteiger partial charge in [0.2, 0.25) is 0 Å². The van der Waals surface area contributed by atoms with Crippen LogP contribution in [0.15, 0.2) is 42.7 Å².